The van der Waals surface area contributed by atoms with Gasteiger partial charge in [-0.3, -0.25) is 81.5 Å². The number of nitrogens with two attached hydrogens (primary N) is 1. The van der Waals surface area contributed by atoms with Crippen LogP contribution in [0.2, 0.25) is 0 Å². The molecule has 0 bridgehead atoms. The van der Waals surface area contributed by atoms with E-state index in [1.54, 1.807) is 91.9 Å². The molecule has 3 aliphatic rings. The Hall–Kier alpha value is -14.5. The molecule has 6 aromatic carbocycles. The van der Waals surface area contributed by atoms with E-state index >= 15 is 51.9 Å². The predicted octanol–water partition coefficient (Wildman–Crippen LogP) is 0.179. The Morgan fingerprint density at radius 3 is 1.46 bits per heavy atom. The van der Waals surface area contributed by atoms with Crippen LogP contribution in [0.4, 0.5) is 13.2 Å². The van der Waals surface area contributed by atoms with E-state index in [1.807, 2.05) is 0 Å². The average molecular weight is 1940 g/mol. The minimum Gasteiger partial charge on any atom is -0.508 e. The Bertz CT molecular complexity index is 5590. The molecule has 0 aliphatic carbocycles. The number of amides is 15. The van der Waals surface area contributed by atoms with Crippen LogP contribution in [0, 0.1) is 23.4 Å². The maximum atomic E-state index is 15.8. The van der Waals surface area contributed by atoms with E-state index in [-0.39, 0.29) is 42.7 Å². The Morgan fingerprint density at radius 2 is 0.920 bits per heavy atom. The molecule has 0 unspecified atom stereocenters. The monoisotopic (exact) mass is 1930 g/mol. The number of carboxylic acids is 2. The molecule has 3 fully saturated rings. The molecule has 138 heavy (non-hydrogen) atoms. The summed E-state index contributed by atoms with van der Waals surface area (Å²) < 4.78 is 45.1. The first-order valence-electron chi connectivity index (χ1n) is 44.6. The number of aliphatic hydroxyl groups excluding tert-OH is 2. The van der Waals surface area contributed by atoms with E-state index < -0.39 is 303 Å². The minimum atomic E-state index is -2.20. The molecule has 1 aromatic heterocycles. The molecule has 15 amide bonds. The number of nitrogens with zero attached hydrogens (tertiary/aromatic N) is 5. The van der Waals surface area contributed by atoms with E-state index in [0.717, 1.165) is 31.5 Å². The lowest BCUT2D eigenvalue weighted by molar-refractivity contribution is -0.152. The molecule has 4 heterocycles. The zero-order valence-electron chi connectivity index (χ0n) is 76.4. The third-order valence-corrected chi connectivity index (χ3v) is 25.1. The van der Waals surface area contributed by atoms with Crippen molar-refractivity contribution in [2.24, 2.45) is 11.7 Å². The molecule has 39 nitrogen and oxygen atoms in total. The molecule has 10 rings (SSSR count). The number of H-pyrrole nitrogens is 1. The first kappa shape index (κ1) is 106. The van der Waals surface area contributed by atoms with Crippen LogP contribution in [0.15, 0.2) is 152 Å². The summed E-state index contributed by atoms with van der Waals surface area (Å²) in [6.07, 6.45) is -7.42. The van der Waals surface area contributed by atoms with Crippen LogP contribution in [0.3, 0.4) is 0 Å². The summed E-state index contributed by atoms with van der Waals surface area (Å²) in [6, 6.07) is 10.9. The summed E-state index contributed by atoms with van der Waals surface area (Å²) in [5.74, 6) is -28.7. The number of unbranched alkanes of at least 4 members (excludes halogenated alkanes) is 1. The molecular formula is C95H113F3N16O23S. The van der Waals surface area contributed by atoms with Crippen molar-refractivity contribution in [2.45, 2.75) is 195 Å². The summed E-state index contributed by atoms with van der Waals surface area (Å²) in [5, 5.41) is 87.5. The number of primary amides is 1. The number of phenolic OH excluding ortho intramolecular Hbond substituents is 2. The summed E-state index contributed by atoms with van der Waals surface area (Å²) in [7, 11) is 3.54. The van der Waals surface area contributed by atoms with E-state index in [0.29, 0.717) is 63.5 Å². The molecular weight excluding hydrogens is 1820 g/mol. The van der Waals surface area contributed by atoms with Crippen LogP contribution in [0.5, 0.6) is 11.5 Å². The van der Waals surface area contributed by atoms with Crippen molar-refractivity contribution in [3.8, 4) is 11.5 Å². The molecule has 0 spiro atoms. The van der Waals surface area contributed by atoms with Crippen LogP contribution in [0.25, 0.3) is 10.9 Å². The highest BCUT2D eigenvalue weighted by Crippen LogP contribution is 2.29. The Kier molecular flexibility index (Phi) is 37.3. The highest BCUT2D eigenvalue weighted by atomic mass is 32.2. The summed E-state index contributed by atoms with van der Waals surface area (Å²) in [6.45, 7) is 2.68. The summed E-state index contributed by atoms with van der Waals surface area (Å²) in [5.41, 5.74) is 7.22. The number of fused-ring (bicyclic) bond motifs is 3. The van der Waals surface area contributed by atoms with Crippen molar-refractivity contribution >= 4 is 123 Å². The molecule has 3 aliphatic heterocycles. The lowest BCUT2D eigenvalue weighted by Crippen LogP contribution is -2.62. The van der Waals surface area contributed by atoms with Gasteiger partial charge < -0.3 is 114 Å². The van der Waals surface area contributed by atoms with Crippen LogP contribution < -0.4 is 53.6 Å². The number of halogens is 3. The third kappa shape index (κ3) is 28.6. The smallest absolute Gasteiger partial charge is 0.305 e. The van der Waals surface area contributed by atoms with Crippen molar-refractivity contribution < 1.29 is 125 Å². The number of aliphatic hydroxyl groups is 2. The molecule has 7 aromatic rings. The Morgan fingerprint density at radius 1 is 0.478 bits per heavy atom. The van der Waals surface area contributed by atoms with Gasteiger partial charge in [-0.2, -0.15) is 0 Å². The van der Waals surface area contributed by atoms with Crippen molar-refractivity contribution in [3.63, 3.8) is 0 Å². The topological polar surface area (TPSA) is 578 Å². The largest absolute Gasteiger partial charge is 0.508 e. The maximum absolute atomic E-state index is 15.8. The number of carbonyl (C=O) groups is 17. The highest BCUT2D eigenvalue weighted by Gasteiger charge is 2.49. The zero-order chi connectivity index (χ0) is 101. The van der Waals surface area contributed by atoms with Gasteiger partial charge in [-0.05, 0) is 88.2 Å². The number of carboxylic acid groups (broad SMARTS) is 2. The molecule has 15 atom stereocenters. The molecule has 43 heteroatoms. The fourth-order valence-corrected chi connectivity index (χ4v) is 17.5. The lowest BCUT2D eigenvalue weighted by Gasteiger charge is -2.38. The Labute approximate surface area is 795 Å². The number of para-hydroxylation sites is 1. The van der Waals surface area contributed by atoms with Crippen LogP contribution >= 0.6 is 11.8 Å². The van der Waals surface area contributed by atoms with Gasteiger partial charge in [0.2, 0.25) is 88.6 Å². The van der Waals surface area contributed by atoms with Crippen molar-refractivity contribution in [3.05, 3.63) is 203 Å². The van der Waals surface area contributed by atoms with E-state index in [4.69, 9.17) is 5.73 Å². The zero-order valence-corrected chi connectivity index (χ0v) is 77.2. The standard InChI is InChI=1S/C95H113F3N16O23S/c1-7-8-23-72-94(136)114-47-60(118)41-75(114)90(132)106-68(43-80(123)124)87(129)109-82(50(2)3)95(137)111(5)73(37-51-17-11-9-12-18-51)88(130)107-70(35-54-26-30-58(116)31-27-54)92(134)113-46-59(117)40-74(113)89(131)105-66(39-56-44-100-64-22-16-15-21-61(56)64)85(127)103-65(34-53-24-28-57(115)29-25-53)84(126)104-67(42-79(121)122)86(128)108-71(83(125)101-45-77(99)119)48-138-49-78(120)102-69(36-55-32-62(96)81(98)63(97)33-55)91(133)112(6)76(93(135)110(72)4)38-52-19-13-10-14-20-52/h9-22,24-33,44,50,59-60,65-76,82,100,115-118H,7-8,23,34-43,45-49H2,1-6H3,(H2,99,119)(H,101,125)(H,102,120)(H,103,127)(H,104,126)(H,105,131)(H,106,132)(H,107,130)(H,108,128)(H,109,129)(H,121,122)(H,123,124)/t59-,60-,65+,66+,67+,68+,69+,70+,71+,72+,73+,74-,75-,76+,82+/m1/s1. The summed E-state index contributed by atoms with van der Waals surface area (Å²) >= 11 is 0.533. The number of aromatic hydroxyl groups is 2. The third-order valence-electron chi connectivity index (χ3n) is 24.1. The highest BCUT2D eigenvalue weighted by molar-refractivity contribution is 8.00. The molecule has 0 saturated carbocycles. The second kappa shape index (κ2) is 48.8. The van der Waals surface area contributed by atoms with Crippen LogP contribution in [-0.4, -0.2) is 304 Å². The average Bonchev–Trinajstić information content (AvgIpc) is 1.62. The number of hydrogen-bond donors (Lipinski definition) is 17. The SMILES string of the molecule is CCCC[C@H]1C(=O)N2C[C@H](O)C[C@@H]2C(=O)N[C@@H](CC(=O)O)C(=O)N[C@@H](C(C)C)C(=O)N(C)[C@@H](Cc2ccccc2)C(=O)N[C@@H](Cc2ccc(O)cc2)C(=O)N2C[C@H](O)C[C@@H]2C(=O)N[C@@H](Cc2c[nH]c3ccccc23)C(=O)N[C@@H](Cc2ccc(O)cc2)C(=O)N[C@@H](CC(=O)O)C(=O)N[C@H](C(=O)NCC(N)=O)CSCC(=O)N[C@@H](Cc2cc(F)c(F)c(F)c2)C(=O)N(C)[C@@H](Cc2ccccc2)C(=O)N1C. The van der Waals surface area contributed by atoms with Gasteiger partial charge in [0.05, 0.1) is 37.3 Å². The fraction of sp³-hybridized carbons (Fsp3) is 0.421. The number of aromatic nitrogens is 1. The van der Waals surface area contributed by atoms with Gasteiger partial charge in [-0.15, -0.1) is 11.8 Å². The number of hydrogen-bond acceptors (Lipinski definition) is 22. The van der Waals surface area contributed by atoms with Gasteiger partial charge in [0.15, 0.2) is 17.5 Å². The molecule has 0 radical (unpaired) electrons. The first-order valence-corrected chi connectivity index (χ1v) is 45.8. The van der Waals surface area contributed by atoms with E-state index in [1.165, 1.54) is 82.7 Å². The number of thioether (sulfide) groups is 1. The van der Waals surface area contributed by atoms with Crippen molar-refractivity contribution in [1.82, 2.24) is 77.3 Å². The number of carbonyl (C=O) groups excluding carboxylic acids is 15. The second-order valence-electron chi connectivity index (χ2n) is 34.7. The first-order chi connectivity index (χ1) is 65.6. The van der Waals surface area contributed by atoms with Crippen LogP contribution in [-0.2, 0) is 120 Å². The number of aromatic amines is 1. The van der Waals surface area contributed by atoms with Crippen molar-refractivity contribution in [1.29, 1.82) is 0 Å². The van der Waals surface area contributed by atoms with Gasteiger partial charge in [0.25, 0.3) is 0 Å². The number of nitrogens with one attached hydrogen (secondary N) is 10. The summed E-state index contributed by atoms with van der Waals surface area (Å²) in [4.78, 5) is 259. The normalized spacial score (nSPS) is 24.2. The quantitative estimate of drug-likeness (QED) is 0.0380. The van der Waals surface area contributed by atoms with Gasteiger partial charge in [0, 0.05) is 108 Å². The van der Waals surface area contributed by atoms with Gasteiger partial charge >= 0.3 is 11.9 Å². The number of rotatable bonds is 23. The number of benzene rings is 6. The molecule has 3 saturated heterocycles. The van der Waals surface area contributed by atoms with Gasteiger partial charge in [-0.1, -0.05) is 137 Å². The van der Waals surface area contributed by atoms with E-state index in [2.05, 4.69) is 52.8 Å². The number of aliphatic carboxylic acids is 2. The fourth-order valence-electron chi connectivity index (χ4n) is 16.7. The predicted molar refractivity (Wildman–Crippen MR) is 492 cm³/mol. The van der Waals surface area contributed by atoms with Crippen LogP contribution in [0.1, 0.15) is 99.1 Å². The lowest BCUT2D eigenvalue weighted by atomic mass is 9.98. The molecule has 18 N–H and O–H groups in total. The van der Waals surface area contributed by atoms with Gasteiger partial charge in [-0.25, -0.2) is 13.2 Å². The Balaban J connectivity index is 1.07. The molecule has 738 valence electrons. The van der Waals surface area contributed by atoms with Crippen molar-refractivity contribution in [2.75, 3.05) is 52.3 Å². The number of phenols is 2. The second-order valence-corrected chi connectivity index (χ2v) is 35.7. The van der Waals surface area contributed by atoms with Gasteiger partial charge in [0.1, 0.15) is 90.0 Å². The maximum Gasteiger partial charge on any atom is 0.305 e. The minimum absolute atomic E-state index is 0.165. The number of likely N-dealkylation sites (N-methyl/N-ethyl adjacent to an activating group) is 3. The van der Waals surface area contributed by atoms with E-state index in [9.17, 15) is 73.4 Å².